The smallest absolute Gasteiger partial charge is 0.261 e. The Bertz CT molecular complexity index is 698. The average molecular weight is 342 g/mol. The van der Waals surface area contributed by atoms with E-state index < -0.39 is 6.10 Å². The summed E-state index contributed by atoms with van der Waals surface area (Å²) in [4.78, 5) is 14.7. The van der Waals surface area contributed by atoms with Gasteiger partial charge in [0, 0.05) is 26.2 Å². The topological polar surface area (TPSA) is 50.8 Å². The van der Waals surface area contributed by atoms with Crippen LogP contribution in [0.5, 0.6) is 5.75 Å². The van der Waals surface area contributed by atoms with E-state index in [-0.39, 0.29) is 5.91 Å². The maximum Gasteiger partial charge on any atom is 0.261 e. The normalized spacial score (nSPS) is 16.5. The molecule has 0 aliphatic carbocycles. The lowest BCUT2D eigenvalue weighted by atomic mass is 10.1. The molecule has 1 atom stereocenters. The van der Waals surface area contributed by atoms with E-state index in [2.05, 4.69) is 16.3 Å². The number of nitrogens with zero attached hydrogens (tertiary/aromatic N) is 1. The molecule has 0 aromatic heterocycles. The second kappa shape index (κ2) is 8.83. The quantitative estimate of drug-likeness (QED) is 0.840. The van der Waals surface area contributed by atoms with Crippen LogP contribution in [0.3, 0.4) is 0 Å². The first kappa shape index (κ1) is 17.7. The number of benzene rings is 2. The van der Waals surface area contributed by atoms with E-state index in [0.717, 1.165) is 49.4 Å². The van der Waals surface area contributed by atoms with Crippen LogP contribution in [-0.2, 0) is 9.53 Å². The van der Waals surface area contributed by atoms with Gasteiger partial charge in [0.1, 0.15) is 5.75 Å². The Morgan fingerprint density at radius 2 is 1.96 bits per heavy atom. The van der Waals surface area contributed by atoms with Crippen LogP contribution >= 0.6 is 0 Å². The van der Waals surface area contributed by atoms with Gasteiger partial charge in [0.15, 0.2) is 6.10 Å². The number of ether oxygens (including phenoxy) is 2. The van der Waals surface area contributed by atoms with Crippen LogP contribution in [0.4, 0.5) is 0 Å². The first-order valence-corrected chi connectivity index (χ1v) is 8.99. The highest BCUT2D eigenvalue weighted by atomic mass is 16.5. The van der Waals surface area contributed by atoms with Gasteiger partial charge in [-0.05, 0) is 29.3 Å². The first-order chi connectivity index (χ1) is 12.3. The van der Waals surface area contributed by atoms with Gasteiger partial charge >= 0.3 is 0 Å². The van der Waals surface area contributed by atoms with Crippen molar-refractivity contribution in [1.82, 2.24) is 10.2 Å². The standard InChI is InChI=1S/C20H26N2O3/c1-2-19(20(23)21-9-10-22-11-13-24-14-12-22)25-18-8-7-16-5-3-4-6-17(16)15-18/h3-8,15,19H,2,9-14H2,1H3,(H,21,23)/t19-/m1/s1. The van der Waals surface area contributed by atoms with Crippen LogP contribution < -0.4 is 10.1 Å². The minimum absolute atomic E-state index is 0.0519. The molecule has 134 valence electrons. The van der Waals surface area contributed by atoms with E-state index in [1.165, 1.54) is 0 Å². The minimum Gasteiger partial charge on any atom is -0.481 e. The third-order valence-corrected chi connectivity index (χ3v) is 4.49. The molecular weight excluding hydrogens is 316 g/mol. The molecule has 0 bridgehead atoms. The predicted molar refractivity (Wildman–Crippen MR) is 98.9 cm³/mol. The minimum atomic E-state index is -0.467. The summed E-state index contributed by atoms with van der Waals surface area (Å²) in [5.74, 6) is 0.679. The molecule has 25 heavy (non-hydrogen) atoms. The molecule has 0 radical (unpaired) electrons. The van der Waals surface area contributed by atoms with Crippen molar-refractivity contribution in [2.24, 2.45) is 0 Å². The van der Waals surface area contributed by atoms with Crippen LogP contribution in [0.25, 0.3) is 10.8 Å². The molecule has 1 aliphatic rings. The van der Waals surface area contributed by atoms with E-state index in [1.807, 2.05) is 43.3 Å². The molecule has 1 amide bonds. The maximum atomic E-state index is 12.4. The fourth-order valence-corrected chi connectivity index (χ4v) is 3.00. The third-order valence-electron chi connectivity index (χ3n) is 4.49. The predicted octanol–water partition coefficient (Wildman–Crippen LogP) is 2.45. The summed E-state index contributed by atoms with van der Waals surface area (Å²) in [6.45, 7) is 6.86. The van der Waals surface area contributed by atoms with Gasteiger partial charge in [-0.25, -0.2) is 0 Å². The summed E-state index contributed by atoms with van der Waals surface area (Å²) in [5.41, 5.74) is 0. The molecule has 5 heteroatoms. The fraction of sp³-hybridized carbons (Fsp3) is 0.450. The molecule has 0 unspecified atom stereocenters. The lowest BCUT2D eigenvalue weighted by Gasteiger charge is -2.26. The SMILES string of the molecule is CC[C@@H](Oc1ccc2ccccc2c1)C(=O)NCCN1CCOCC1. The zero-order valence-electron chi connectivity index (χ0n) is 14.7. The van der Waals surface area contributed by atoms with E-state index in [0.29, 0.717) is 13.0 Å². The molecule has 1 fully saturated rings. The zero-order chi connectivity index (χ0) is 17.5. The summed E-state index contributed by atoms with van der Waals surface area (Å²) in [6.07, 6.45) is 0.168. The van der Waals surface area contributed by atoms with E-state index >= 15 is 0 Å². The Labute approximate surface area is 148 Å². The molecule has 0 saturated carbocycles. The molecule has 5 nitrogen and oxygen atoms in total. The summed E-state index contributed by atoms with van der Waals surface area (Å²) in [7, 11) is 0. The number of hydrogen-bond acceptors (Lipinski definition) is 4. The van der Waals surface area contributed by atoms with Crippen molar-refractivity contribution in [3.05, 3.63) is 42.5 Å². The van der Waals surface area contributed by atoms with Gasteiger partial charge in [0.2, 0.25) is 0 Å². The van der Waals surface area contributed by atoms with Crippen LogP contribution in [0.15, 0.2) is 42.5 Å². The van der Waals surface area contributed by atoms with Gasteiger partial charge in [0.05, 0.1) is 13.2 Å². The Balaban J connectivity index is 1.52. The highest BCUT2D eigenvalue weighted by molar-refractivity contribution is 5.84. The third kappa shape index (κ3) is 4.94. The number of fused-ring (bicyclic) bond motifs is 1. The molecule has 1 heterocycles. The average Bonchev–Trinajstić information content (AvgIpc) is 2.66. The summed E-state index contributed by atoms with van der Waals surface area (Å²) in [5, 5.41) is 5.27. The van der Waals surface area contributed by atoms with Gasteiger partial charge in [-0.3, -0.25) is 9.69 Å². The molecule has 2 aromatic carbocycles. The Morgan fingerprint density at radius 1 is 1.20 bits per heavy atom. The molecule has 3 rings (SSSR count). The summed E-state index contributed by atoms with van der Waals surface area (Å²) < 4.78 is 11.3. The van der Waals surface area contributed by atoms with Crippen LogP contribution in [0, 0.1) is 0 Å². The number of nitrogens with one attached hydrogen (secondary N) is 1. The number of morpholine rings is 1. The van der Waals surface area contributed by atoms with Crippen molar-refractivity contribution in [1.29, 1.82) is 0 Å². The molecule has 1 aliphatic heterocycles. The first-order valence-electron chi connectivity index (χ1n) is 8.99. The lowest BCUT2D eigenvalue weighted by molar-refractivity contribution is -0.128. The van der Waals surface area contributed by atoms with E-state index in [9.17, 15) is 4.79 Å². The second-order valence-corrected chi connectivity index (χ2v) is 6.27. The van der Waals surface area contributed by atoms with Crippen LogP contribution in [0.2, 0.25) is 0 Å². The zero-order valence-corrected chi connectivity index (χ0v) is 14.7. The van der Waals surface area contributed by atoms with Gasteiger partial charge in [-0.1, -0.05) is 37.3 Å². The Morgan fingerprint density at radius 3 is 2.72 bits per heavy atom. The maximum absolute atomic E-state index is 12.4. The number of hydrogen-bond donors (Lipinski definition) is 1. The van der Waals surface area contributed by atoms with E-state index in [1.54, 1.807) is 0 Å². The number of carbonyl (C=O) groups excluding carboxylic acids is 1. The van der Waals surface area contributed by atoms with Gasteiger partial charge in [-0.15, -0.1) is 0 Å². The summed E-state index contributed by atoms with van der Waals surface area (Å²) in [6, 6.07) is 14.1. The number of amides is 1. The van der Waals surface area contributed by atoms with Gasteiger partial charge in [-0.2, -0.15) is 0 Å². The lowest BCUT2D eigenvalue weighted by Crippen LogP contribution is -2.44. The fourth-order valence-electron chi connectivity index (χ4n) is 3.00. The molecule has 1 N–H and O–H groups in total. The Hall–Kier alpha value is -2.11. The highest BCUT2D eigenvalue weighted by Gasteiger charge is 2.18. The molecule has 0 spiro atoms. The van der Waals surface area contributed by atoms with Crippen molar-refractivity contribution < 1.29 is 14.3 Å². The number of carbonyl (C=O) groups is 1. The van der Waals surface area contributed by atoms with Crippen molar-refractivity contribution in [2.45, 2.75) is 19.4 Å². The van der Waals surface area contributed by atoms with Crippen molar-refractivity contribution in [3.63, 3.8) is 0 Å². The molecule has 2 aromatic rings. The number of rotatable bonds is 7. The Kier molecular flexibility index (Phi) is 6.25. The highest BCUT2D eigenvalue weighted by Crippen LogP contribution is 2.22. The van der Waals surface area contributed by atoms with Crippen molar-refractivity contribution >= 4 is 16.7 Å². The van der Waals surface area contributed by atoms with Crippen LogP contribution in [0.1, 0.15) is 13.3 Å². The van der Waals surface area contributed by atoms with Crippen molar-refractivity contribution in [2.75, 3.05) is 39.4 Å². The molecule has 1 saturated heterocycles. The second-order valence-electron chi connectivity index (χ2n) is 6.27. The van der Waals surface area contributed by atoms with Gasteiger partial charge in [0.25, 0.3) is 5.91 Å². The van der Waals surface area contributed by atoms with Gasteiger partial charge < -0.3 is 14.8 Å². The van der Waals surface area contributed by atoms with Crippen LogP contribution in [-0.4, -0.2) is 56.3 Å². The van der Waals surface area contributed by atoms with Crippen molar-refractivity contribution in [3.8, 4) is 5.75 Å². The molecular formula is C20H26N2O3. The monoisotopic (exact) mass is 342 g/mol. The van der Waals surface area contributed by atoms with E-state index in [4.69, 9.17) is 9.47 Å². The largest absolute Gasteiger partial charge is 0.481 e. The summed E-state index contributed by atoms with van der Waals surface area (Å²) >= 11 is 0.